The predicted molar refractivity (Wildman–Crippen MR) is 116 cm³/mol. The maximum absolute atomic E-state index is 13.9. The average molecular weight is 424 g/mol. The number of H-pyrrole nitrogens is 1. The molecule has 0 atom stereocenters. The van der Waals surface area contributed by atoms with E-state index in [1.54, 1.807) is 18.1 Å². The van der Waals surface area contributed by atoms with Gasteiger partial charge in [-0.1, -0.05) is 6.08 Å². The third-order valence-corrected chi connectivity index (χ3v) is 5.05. The molecule has 0 saturated carbocycles. The Hall–Kier alpha value is -3.42. The molecule has 3 heterocycles. The SMILES string of the molecule is COc1ccc(F)cc1-c1ncnc2[nH]c(C3=CCN(C(=O)OC(C)(C)C)CC3)cc12. The molecule has 0 radical (unpaired) electrons. The number of methoxy groups -OCH3 is 1. The van der Waals surface area contributed by atoms with E-state index in [-0.39, 0.29) is 11.9 Å². The number of aromatic nitrogens is 3. The fraction of sp³-hybridized carbons (Fsp3) is 0.348. The zero-order chi connectivity index (χ0) is 22.2. The van der Waals surface area contributed by atoms with Crippen molar-refractivity contribution < 1.29 is 18.7 Å². The highest BCUT2D eigenvalue weighted by molar-refractivity contribution is 5.94. The lowest BCUT2D eigenvalue weighted by molar-refractivity contribution is 0.0270. The maximum atomic E-state index is 13.9. The summed E-state index contributed by atoms with van der Waals surface area (Å²) in [4.78, 5) is 26.0. The van der Waals surface area contributed by atoms with E-state index in [1.807, 2.05) is 32.9 Å². The molecule has 0 aliphatic carbocycles. The van der Waals surface area contributed by atoms with Gasteiger partial charge in [0, 0.05) is 29.7 Å². The Kier molecular flexibility index (Phi) is 5.39. The summed E-state index contributed by atoms with van der Waals surface area (Å²) >= 11 is 0. The maximum Gasteiger partial charge on any atom is 0.410 e. The molecule has 1 aliphatic rings. The van der Waals surface area contributed by atoms with Crippen LogP contribution in [-0.2, 0) is 4.74 Å². The lowest BCUT2D eigenvalue weighted by atomic mass is 10.0. The fourth-order valence-corrected chi connectivity index (χ4v) is 3.60. The number of halogens is 1. The monoisotopic (exact) mass is 424 g/mol. The molecule has 2 aromatic heterocycles. The summed E-state index contributed by atoms with van der Waals surface area (Å²) in [6.45, 7) is 6.59. The second-order valence-electron chi connectivity index (χ2n) is 8.42. The number of carbonyl (C=O) groups excluding carboxylic acids is 1. The van der Waals surface area contributed by atoms with Gasteiger partial charge in [-0.3, -0.25) is 0 Å². The van der Waals surface area contributed by atoms with E-state index in [1.165, 1.54) is 18.5 Å². The minimum absolute atomic E-state index is 0.314. The highest BCUT2D eigenvalue weighted by Gasteiger charge is 2.24. The lowest BCUT2D eigenvalue weighted by Crippen LogP contribution is -2.39. The normalized spacial score (nSPS) is 14.5. The number of rotatable bonds is 3. The van der Waals surface area contributed by atoms with Crippen molar-refractivity contribution in [1.29, 1.82) is 0 Å². The van der Waals surface area contributed by atoms with Crippen LogP contribution in [0.2, 0.25) is 0 Å². The van der Waals surface area contributed by atoms with Gasteiger partial charge in [0.2, 0.25) is 0 Å². The Balaban J connectivity index is 1.64. The average Bonchev–Trinajstić information content (AvgIpc) is 3.17. The van der Waals surface area contributed by atoms with Crippen LogP contribution in [0.4, 0.5) is 9.18 Å². The summed E-state index contributed by atoms with van der Waals surface area (Å²) in [5.74, 6) is 0.171. The van der Waals surface area contributed by atoms with Gasteiger partial charge in [-0.15, -0.1) is 0 Å². The molecule has 162 valence electrons. The van der Waals surface area contributed by atoms with Gasteiger partial charge in [0.15, 0.2) is 0 Å². The van der Waals surface area contributed by atoms with Crippen molar-refractivity contribution >= 4 is 22.7 Å². The van der Waals surface area contributed by atoms with E-state index in [0.717, 1.165) is 16.7 Å². The first-order chi connectivity index (χ1) is 14.7. The standard InChI is InChI=1S/C23H25FN4O3/c1-23(2,3)31-22(29)28-9-7-14(8-10-28)18-12-17-20(25-13-26-21(17)27-18)16-11-15(24)5-6-19(16)30-4/h5-7,11-13H,8-10H2,1-4H3,(H,25,26,27). The molecule has 0 saturated heterocycles. The number of nitrogens with one attached hydrogen (secondary N) is 1. The molecule has 0 fully saturated rings. The number of carbonyl (C=O) groups is 1. The predicted octanol–water partition coefficient (Wildman–Crippen LogP) is 4.80. The molecule has 0 unspecified atom stereocenters. The van der Waals surface area contributed by atoms with Gasteiger partial charge in [0.1, 0.15) is 29.1 Å². The van der Waals surface area contributed by atoms with Crippen LogP contribution in [0.3, 0.4) is 0 Å². The van der Waals surface area contributed by atoms with Gasteiger partial charge in [-0.05, 0) is 57.0 Å². The number of ether oxygens (including phenoxy) is 2. The topological polar surface area (TPSA) is 80.3 Å². The number of benzene rings is 1. The molecule has 7 nitrogen and oxygen atoms in total. The molecule has 31 heavy (non-hydrogen) atoms. The van der Waals surface area contributed by atoms with E-state index in [4.69, 9.17) is 9.47 Å². The third kappa shape index (κ3) is 4.38. The summed E-state index contributed by atoms with van der Waals surface area (Å²) in [5.41, 5.74) is 3.27. The van der Waals surface area contributed by atoms with Gasteiger partial charge in [-0.25, -0.2) is 19.2 Å². The van der Waals surface area contributed by atoms with Crippen molar-refractivity contribution in [2.24, 2.45) is 0 Å². The van der Waals surface area contributed by atoms with Crippen LogP contribution in [0.5, 0.6) is 5.75 Å². The number of hydrogen-bond donors (Lipinski definition) is 1. The molecule has 1 N–H and O–H groups in total. The number of hydrogen-bond acceptors (Lipinski definition) is 5. The zero-order valence-electron chi connectivity index (χ0n) is 18.0. The number of fused-ring (bicyclic) bond motifs is 1. The summed E-state index contributed by atoms with van der Waals surface area (Å²) < 4.78 is 24.8. The third-order valence-electron chi connectivity index (χ3n) is 5.05. The van der Waals surface area contributed by atoms with Crippen LogP contribution >= 0.6 is 0 Å². The minimum Gasteiger partial charge on any atom is -0.496 e. The Bertz CT molecular complexity index is 1160. The van der Waals surface area contributed by atoms with Crippen molar-refractivity contribution in [2.45, 2.75) is 32.8 Å². The molecular formula is C23H25FN4O3. The summed E-state index contributed by atoms with van der Waals surface area (Å²) in [6, 6.07) is 6.31. The van der Waals surface area contributed by atoms with E-state index < -0.39 is 5.60 Å². The van der Waals surface area contributed by atoms with Crippen LogP contribution in [-0.4, -0.2) is 51.7 Å². The second-order valence-corrected chi connectivity index (χ2v) is 8.42. The number of aromatic amines is 1. The van der Waals surface area contributed by atoms with Crippen LogP contribution in [0.25, 0.3) is 27.9 Å². The van der Waals surface area contributed by atoms with Gasteiger partial charge >= 0.3 is 6.09 Å². The Morgan fingerprint density at radius 3 is 2.71 bits per heavy atom. The fourth-order valence-electron chi connectivity index (χ4n) is 3.60. The first-order valence-electron chi connectivity index (χ1n) is 10.1. The second kappa shape index (κ2) is 8.02. The Morgan fingerprint density at radius 1 is 1.23 bits per heavy atom. The van der Waals surface area contributed by atoms with Gasteiger partial charge in [-0.2, -0.15) is 0 Å². The van der Waals surface area contributed by atoms with Crippen LogP contribution in [0.15, 0.2) is 36.7 Å². The van der Waals surface area contributed by atoms with Crippen molar-refractivity contribution in [3.63, 3.8) is 0 Å². The van der Waals surface area contributed by atoms with Crippen molar-refractivity contribution in [3.8, 4) is 17.0 Å². The van der Waals surface area contributed by atoms with Gasteiger partial charge < -0.3 is 19.4 Å². The number of amides is 1. The molecule has 0 bridgehead atoms. The highest BCUT2D eigenvalue weighted by Crippen LogP contribution is 2.35. The van der Waals surface area contributed by atoms with E-state index >= 15 is 0 Å². The minimum atomic E-state index is -0.523. The number of nitrogens with zero attached hydrogens (tertiary/aromatic N) is 3. The summed E-state index contributed by atoms with van der Waals surface area (Å²) in [6.07, 6.45) is 3.82. The van der Waals surface area contributed by atoms with Crippen LogP contribution < -0.4 is 4.74 Å². The molecule has 0 spiro atoms. The van der Waals surface area contributed by atoms with E-state index in [0.29, 0.717) is 42.2 Å². The first kappa shape index (κ1) is 20.8. The molecule has 8 heteroatoms. The van der Waals surface area contributed by atoms with Crippen LogP contribution in [0, 0.1) is 5.82 Å². The molecule has 1 aromatic carbocycles. The smallest absolute Gasteiger partial charge is 0.410 e. The van der Waals surface area contributed by atoms with Crippen molar-refractivity contribution in [1.82, 2.24) is 19.9 Å². The summed E-state index contributed by atoms with van der Waals surface area (Å²) in [7, 11) is 1.54. The summed E-state index contributed by atoms with van der Waals surface area (Å²) in [5, 5.41) is 0.775. The van der Waals surface area contributed by atoms with Crippen molar-refractivity contribution in [2.75, 3.05) is 20.2 Å². The van der Waals surface area contributed by atoms with Gasteiger partial charge in [0.25, 0.3) is 0 Å². The van der Waals surface area contributed by atoms with Crippen LogP contribution in [0.1, 0.15) is 32.9 Å². The zero-order valence-corrected chi connectivity index (χ0v) is 18.0. The van der Waals surface area contributed by atoms with E-state index in [2.05, 4.69) is 15.0 Å². The molecular weight excluding hydrogens is 399 g/mol. The quantitative estimate of drug-likeness (QED) is 0.653. The molecule has 3 aromatic rings. The lowest BCUT2D eigenvalue weighted by Gasteiger charge is -2.29. The first-order valence-corrected chi connectivity index (χ1v) is 10.1. The van der Waals surface area contributed by atoms with E-state index in [9.17, 15) is 9.18 Å². The van der Waals surface area contributed by atoms with Crippen molar-refractivity contribution in [3.05, 3.63) is 48.2 Å². The largest absolute Gasteiger partial charge is 0.496 e. The Labute approximate surface area is 179 Å². The highest BCUT2D eigenvalue weighted by atomic mass is 19.1. The Morgan fingerprint density at radius 2 is 2.03 bits per heavy atom. The molecule has 4 rings (SSSR count). The van der Waals surface area contributed by atoms with Gasteiger partial charge in [0.05, 0.1) is 12.8 Å². The molecule has 1 amide bonds. The molecule has 1 aliphatic heterocycles.